The van der Waals surface area contributed by atoms with E-state index in [9.17, 15) is 9.59 Å². The van der Waals surface area contributed by atoms with Crippen molar-refractivity contribution < 1.29 is 14.7 Å². The van der Waals surface area contributed by atoms with E-state index in [1.54, 1.807) is 0 Å². The first-order chi connectivity index (χ1) is 6.65. The highest BCUT2D eigenvalue weighted by Crippen LogP contribution is 2.26. The average Bonchev–Trinajstić information content (AvgIpc) is 2.89. The second-order valence-electron chi connectivity index (χ2n) is 3.30. The zero-order valence-corrected chi connectivity index (χ0v) is 9.05. The molecule has 0 bridgehead atoms. The van der Waals surface area contributed by atoms with Gasteiger partial charge in [0.15, 0.2) is 0 Å². The highest BCUT2D eigenvalue weighted by molar-refractivity contribution is 8.00. The summed E-state index contributed by atoms with van der Waals surface area (Å²) in [4.78, 5) is 23.6. The number of carbonyl (C=O) groups is 2. The van der Waals surface area contributed by atoms with Gasteiger partial charge in [-0.15, -0.1) is 11.8 Å². The van der Waals surface area contributed by atoms with Crippen LogP contribution >= 0.6 is 11.8 Å². The van der Waals surface area contributed by atoms with E-state index < -0.39 is 5.97 Å². The van der Waals surface area contributed by atoms with Crippen LogP contribution in [0, 0.1) is 0 Å². The van der Waals surface area contributed by atoms with Gasteiger partial charge in [0.1, 0.15) is 0 Å². The Balaban J connectivity index is 2.21. The second kappa shape index (κ2) is 5.24. The van der Waals surface area contributed by atoms with Crippen molar-refractivity contribution in [1.82, 2.24) is 4.90 Å². The Hall–Kier alpha value is -0.710. The third-order valence-corrected chi connectivity index (χ3v) is 3.00. The number of carboxylic acid groups (broad SMARTS) is 1. The minimum atomic E-state index is -0.864. The van der Waals surface area contributed by atoms with E-state index in [1.807, 2.05) is 11.8 Å². The average molecular weight is 217 g/mol. The number of carbonyl (C=O) groups excluding carboxylic acids is 1. The molecule has 5 heteroatoms. The molecule has 1 fully saturated rings. The molecule has 1 amide bonds. The first-order valence-corrected chi connectivity index (χ1v) is 5.89. The van der Waals surface area contributed by atoms with Crippen molar-refractivity contribution in [2.75, 3.05) is 18.1 Å². The van der Waals surface area contributed by atoms with Gasteiger partial charge in [-0.2, -0.15) is 0 Å². The number of hydrogen-bond donors (Lipinski definition) is 1. The predicted molar refractivity (Wildman–Crippen MR) is 55.4 cm³/mol. The van der Waals surface area contributed by atoms with Crippen LogP contribution in [-0.2, 0) is 9.59 Å². The number of rotatable bonds is 6. The smallest absolute Gasteiger partial charge is 0.313 e. The molecule has 0 aromatic heterocycles. The van der Waals surface area contributed by atoms with Crippen LogP contribution in [-0.4, -0.2) is 46.0 Å². The van der Waals surface area contributed by atoms with E-state index in [-0.39, 0.29) is 17.4 Å². The highest BCUT2D eigenvalue weighted by Gasteiger charge is 2.30. The maximum atomic E-state index is 11.5. The zero-order chi connectivity index (χ0) is 10.6. The Bertz CT molecular complexity index is 228. The molecule has 1 aliphatic rings. The van der Waals surface area contributed by atoms with Gasteiger partial charge in [-0.3, -0.25) is 9.59 Å². The lowest BCUT2D eigenvalue weighted by Crippen LogP contribution is -2.34. The topological polar surface area (TPSA) is 57.6 Å². The molecule has 0 spiro atoms. The summed E-state index contributed by atoms with van der Waals surface area (Å²) >= 11 is 1.17. The lowest BCUT2D eigenvalue weighted by molar-refractivity contribution is -0.133. The van der Waals surface area contributed by atoms with E-state index in [0.717, 1.165) is 19.4 Å². The van der Waals surface area contributed by atoms with E-state index >= 15 is 0 Å². The summed E-state index contributed by atoms with van der Waals surface area (Å²) < 4.78 is 0. The van der Waals surface area contributed by atoms with Crippen LogP contribution in [0.3, 0.4) is 0 Å². The van der Waals surface area contributed by atoms with Crippen LogP contribution in [0.4, 0.5) is 0 Å². The molecule has 0 radical (unpaired) electrons. The number of nitrogens with zero attached hydrogens (tertiary/aromatic N) is 1. The molecule has 0 unspecified atom stereocenters. The fourth-order valence-corrected chi connectivity index (χ4v) is 1.95. The molecular weight excluding hydrogens is 202 g/mol. The molecule has 4 nitrogen and oxygen atoms in total. The van der Waals surface area contributed by atoms with Crippen molar-refractivity contribution in [3.8, 4) is 0 Å². The van der Waals surface area contributed by atoms with Gasteiger partial charge >= 0.3 is 5.97 Å². The van der Waals surface area contributed by atoms with Gasteiger partial charge in [0.25, 0.3) is 0 Å². The lowest BCUT2D eigenvalue weighted by atomic mass is 10.4. The summed E-state index contributed by atoms with van der Waals surface area (Å²) in [5, 5.41) is 8.40. The third kappa shape index (κ3) is 3.57. The second-order valence-corrected chi connectivity index (χ2v) is 4.28. The molecular formula is C9H15NO3S. The minimum absolute atomic E-state index is 0.00790. The van der Waals surface area contributed by atoms with E-state index in [4.69, 9.17) is 5.11 Å². The monoisotopic (exact) mass is 217 g/mol. The molecule has 0 aromatic carbocycles. The van der Waals surface area contributed by atoms with E-state index in [1.165, 1.54) is 11.8 Å². The molecule has 1 rings (SSSR count). The standard InChI is InChI=1S/C9H15NO3S/c1-2-10(7-3-4-7)8(11)5-14-6-9(12)13/h7H,2-6H2,1H3,(H,12,13). The molecule has 0 heterocycles. The minimum Gasteiger partial charge on any atom is -0.481 e. The van der Waals surface area contributed by atoms with Crippen LogP contribution in [0.25, 0.3) is 0 Å². The third-order valence-electron chi connectivity index (χ3n) is 2.10. The van der Waals surface area contributed by atoms with Crippen molar-refractivity contribution >= 4 is 23.6 Å². The molecule has 0 saturated heterocycles. The number of hydrogen-bond acceptors (Lipinski definition) is 3. The van der Waals surface area contributed by atoms with Gasteiger partial charge in [-0.1, -0.05) is 0 Å². The van der Waals surface area contributed by atoms with Gasteiger partial charge in [0, 0.05) is 12.6 Å². The van der Waals surface area contributed by atoms with Gasteiger partial charge in [0.2, 0.25) is 5.91 Å². The van der Waals surface area contributed by atoms with Crippen LogP contribution in [0.15, 0.2) is 0 Å². The number of thioether (sulfide) groups is 1. The molecule has 1 saturated carbocycles. The lowest BCUT2D eigenvalue weighted by Gasteiger charge is -2.19. The summed E-state index contributed by atoms with van der Waals surface area (Å²) in [5.74, 6) is -0.497. The Labute approximate surface area is 87.7 Å². The van der Waals surface area contributed by atoms with Crippen LogP contribution in [0.1, 0.15) is 19.8 Å². The van der Waals surface area contributed by atoms with E-state index in [2.05, 4.69) is 0 Å². The van der Waals surface area contributed by atoms with Gasteiger partial charge in [-0.25, -0.2) is 0 Å². The maximum Gasteiger partial charge on any atom is 0.313 e. The Morgan fingerprint density at radius 1 is 1.43 bits per heavy atom. The summed E-state index contributed by atoms with van der Waals surface area (Å²) in [5.41, 5.74) is 0. The van der Waals surface area contributed by atoms with Crippen LogP contribution in [0.5, 0.6) is 0 Å². The summed E-state index contributed by atoms with van der Waals surface area (Å²) in [6.45, 7) is 2.69. The quantitative estimate of drug-likeness (QED) is 0.715. The molecule has 0 aliphatic heterocycles. The van der Waals surface area contributed by atoms with Crippen molar-refractivity contribution in [1.29, 1.82) is 0 Å². The molecule has 1 N–H and O–H groups in total. The maximum absolute atomic E-state index is 11.5. The number of aliphatic carboxylic acids is 1. The predicted octanol–water partition coefficient (Wildman–Crippen LogP) is 0.815. The van der Waals surface area contributed by atoms with Gasteiger partial charge in [-0.05, 0) is 19.8 Å². The fourth-order valence-electron chi connectivity index (χ4n) is 1.33. The normalized spacial score (nSPS) is 15.2. The van der Waals surface area contributed by atoms with Crippen molar-refractivity contribution in [3.05, 3.63) is 0 Å². The van der Waals surface area contributed by atoms with Crippen molar-refractivity contribution in [2.24, 2.45) is 0 Å². The summed E-state index contributed by atoms with van der Waals surface area (Å²) in [7, 11) is 0. The first-order valence-electron chi connectivity index (χ1n) is 4.74. The SMILES string of the molecule is CCN(C(=O)CSCC(=O)O)C1CC1. The zero-order valence-electron chi connectivity index (χ0n) is 8.23. The Morgan fingerprint density at radius 3 is 2.50 bits per heavy atom. The van der Waals surface area contributed by atoms with Gasteiger partial charge < -0.3 is 10.0 Å². The molecule has 0 aromatic rings. The van der Waals surface area contributed by atoms with Crippen LogP contribution in [0.2, 0.25) is 0 Å². The number of carboxylic acids is 1. The van der Waals surface area contributed by atoms with Crippen molar-refractivity contribution in [2.45, 2.75) is 25.8 Å². The summed E-state index contributed by atoms with van der Waals surface area (Å²) in [6, 6.07) is 0.429. The van der Waals surface area contributed by atoms with Gasteiger partial charge in [0.05, 0.1) is 11.5 Å². The molecule has 80 valence electrons. The largest absolute Gasteiger partial charge is 0.481 e. The Morgan fingerprint density at radius 2 is 2.07 bits per heavy atom. The molecule has 1 aliphatic carbocycles. The fraction of sp³-hybridized carbons (Fsp3) is 0.778. The van der Waals surface area contributed by atoms with Crippen LogP contribution < -0.4 is 0 Å². The van der Waals surface area contributed by atoms with Crippen molar-refractivity contribution in [3.63, 3.8) is 0 Å². The number of amides is 1. The summed E-state index contributed by atoms with van der Waals surface area (Å²) in [6.07, 6.45) is 2.20. The Kier molecular flexibility index (Phi) is 4.25. The molecule has 14 heavy (non-hydrogen) atoms. The highest BCUT2D eigenvalue weighted by atomic mass is 32.2. The molecule has 0 atom stereocenters. The van der Waals surface area contributed by atoms with E-state index in [0.29, 0.717) is 6.04 Å². The first kappa shape index (κ1) is 11.4.